The van der Waals surface area contributed by atoms with Gasteiger partial charge in [0, 0.05) is 23.1 Å². The second kappa shape index (κ2) is 10.3. The molecule has 200 valence electrons. The van der Waals surface area contributed by atoms with Crippen molar-refractivity contribution in [3.05, 3.63) is 52.9 Å². The van der Waals surface area contributed by atoms with Gasteiger partial charge in [0.25, 0.3) is 11.8 Å². The van der Waals surface area contributed by atoms with E-state index < -0.39 is 63.0 Å². The van der Waals surface area contributed by atoms with Gasteiger partial charge in [0.05, 0.1) is 28.2 Å². The number of nitrogen functional groups attached to an aromatic ring is 1. The first-order chi connectivity index (χ1) is 17.9. The number of carbonyl (C=O) groups excluding carboxylic acids is 3. The van der Waals surface area contributed by atoms with E-state index in [0.717, 1.165) is 16.2 Å². The number of hydrogen-bond donors (Lipinski definition) is 3. The minimum absolute atomic E-state index is 0.0444. The van der Waals surface area contributed by atoms with Crippen molar-refractivity contribution < 1.29 is 43.0 Å². The van der Waals surface area contributed by atoms with Gasteiger partial charge >= 0.3 is 5.97 Å². The van der Waals surface area contributed by atoms with Crippen molar-refractivity contribution in [1.82, 2.24) is 15.2 Å². The fourth-order valence-corrected chi connectivity index (χ4v) is 5.95. The van der Waals surface area contributed by atoms with E-state index >= 15 is 0 Å². The third-order valence-corrected chi connectivity index (χ3v) is 8.02. The van der Waals surface area contributed by atoms with Crippen LogP contribution in [0.2, 0.25) is 0 Å². The van der Waals surface area contributed by atoms with E-state index in [1.165, 1.54) is 19.2 Å². The van der Waals surface area contributed by atoms with E-state index in [1.807, 2.05) is 0 Å². The molecule has 1 fully saturated rings. The first kappa shape index (κ1) is 26.9. The summed E-state index contributed by atoms with van der Waals surface area (Å²) in [6.07, 6.45) is 3.38. The predicted molar refractivity (Wildman–Crippen MR) is 130 cm³/mol. The highest BCUT2D eigenvalue weighted by molar-refractivity contribution is 7.86. The number of fused-ring (bicyclic) bond motifs is 1. The van der Waals surface area contributed by atoms with E-state index in [9.17, 15) is 33.6 Å². The second-order valence-electron chi connectivity index (χ2n) is 8.78. The molecule has 3 atom stereocenters. The van der Waals surface area contributed by atoms with Crippen LogP contribution in [0.15, 0.2) is 52.4 Å². The van der Waals surface area contributed by atoms with Gasteiger partial charge in [-0.05, 0) is 13.8 Å². The number of anilines is 1. The molecule has 4 heterocycles. The molecule has 2 amide bonds. The molecule has 38 heavy (non-hydrogen) atoms. The fourth-order valence-electron chi connectivity index (χ4n) is 3.73. The molecule has 14 nitrogen and oxygen atoms in total. The second-order valence-corrected chi connectivity index (χ2v) is 11.2. The Labute approximate surface area is 221 Å². The van der Waals surface area contributed by atoms with Crippen LogP contribution < -0.4 is 20.7 Å². The number of hydrogen-bond acceptors (Lipinski definition) is 11. The number of carboxylic acids is 2. The highest BCUT2D eigenvalue weighted by atomic mass is 32.2. The van der Waals surface area contributed by atoms with Crippen molar-refractivity contribution in [2.75, 3.05) is 11.5 Å². The lowest BCUT2D eigenvalue weighted by molar-refractivity contribution is -0.689. The number of oxime groups is 1. The lowest BCUT2D eigenvalue weighted by atomic mass is 10.0. The fraction of sp³-hybridized carbons (Fsp3) is 0.318. The van der Waals surface area contributed by atoms with Gasteiger partial charge < -0.3 is 30.9 Å². The SMILES string of the molecule is CC(C)(O/N=C(\C(=O)NC1C(=O)N2C(C(=O)[O-])=C(C[n+]3ccccc3)CS(=O)C12)c1csc(N)n1)C(=O)O. The zero-order valence-electron chi connectivity index (χ0n) is 20.0. The zero-order chi connectivity index (χ0) is 27.8. The number of aromatic nitrogens is 2. The summed E-state index contributed by atoms with van der Waals surface area (Å²) in [5.41, 5.74) is 3.16. The molecule has 0 spiro atoms. The van der Waals surface area contributed by atoms with Crippen molar-refractivity contribution in [2.45, 2.75) is 37.4 Å². The van der Waals surface area contributed by atoms with Crippen molar-refractivity contribution in [3.8, 4) is 0 Å². The Morgan fingerprint density at radius 1 is 1.37 bits per heavy atom. The smallest absolute Gasteiger partial charge is 0.350 e. The predicted octanol–water partition coefficient (Wildman–Crippen LogP) is -2.28. The van der Waals surface area contributed by atoms with Gasteiger partial charge in [0.1, 0.15) is 17.1 Å². The molecule has 0 bridgehead atoms. The van der Waals surface area contributed by atoms with Gasteiger partial charge in [-0.15, -0.1) is 11.3 Å². The normalized spacial score (nSPS) is 21.4. The molecule has 2 aliphatic rings. The number of thiazole rings is 1. The summed E-state index contributed by atoms with van der Waals surface area (Å²) < 4.78 is 14.8. The number of carboxylic acid groups (broad SMARTS) is 2. The number of aliphatic carboxylic acids is 2. The maximum Gasteiger partial charge on any atom is 0.350 e. The van der Waals surface area contributed by atoms with Crippen LogP contribution >= 0.6 is 11.3 Å². The van der Waals surface area contributed by atoms with Gasteiger partial charge in [0.15, 0.2) is 29.8 Å². The summed E-state index contributed by atoms with van der Waals surface area (Å²) >= 11 is 0.982. The Bertz CT molecular complexity index is 1400. The number of nitrogens with two attached hydrogens (primary N) is 1. The molecular weight excluding hydrogens is 540 g/mol. The van der Waals surface area contributed by atoms with Gasteiger partial charge in [0.2, 0.25) is 5.60 Å². The average Bonchev–Trinajstić information content (AvgIpc) is 3.28. The average molecular weight is 563 g/mol. The quantitative estimate of drug-likeness (QED) is 0.129. The van der Waals surface area contributed by atoms with Gasteiger partial charge in [-0.25, -0.2) is 14.3 Å². The van der Waals surface area contributed by atoms with E-state index in [4.69, 9.17) is 10.6 Å². The molecule has 0 aromatic carbocycles. The maximum atomic E-state index is 13.1. The van der Waals surface area contributed by atoms with Crippen LogP contribution in [0.4, 0.5) is 5.13 Å². The van der Waals surface area contributed by atoms with Crippen LogP contribution in [0.25, 0.3) is 0 Å². The van der Waals surface area contributed by atoms with E-state index in [-0.39, 0.29) is 28.7 Å². The standard InChI is InChI=1S/C22H22N6O8S2/c1-22(2,20(33)34)36-26-13(12-9-37-21(23)24-12)16(29)25-14-17(30)28-15(19(31)32)11(10-38(35)18(14)28)8-27-6-4-3-5-7-27/h3-7,9,14,18H,8,10H2,1-2H3,(H4-,23,24,25,29,31,32,33,34)/b26-13-. The highest BCUT2D eigenvalue weighted by Crippen LogP contribution is 2.34. The van der Waals surface area contributed by atoms with Crippen molar-refractivity contribution in [3.63, 3.8) is 0 Å². The lowest BCUT2D eigenvalue weighted by Gasteiger charge is -2.50. The Balaban J connectivity index is 1.60. The van der Waals surface area contributed by atoms with Gasteiger partial charge in [-0.2, -0.15) is 0 Å². The highest BCUT2D eigenvalue weighted by Gasteiger charge is 2.56. The van der Waals surface area contributed by atoms with Crippen LogP contribution in [-0.2, 0) is 41.4 Å². The molecule has 0 aliphatic carbocycles. The molecule has 3 unspecified atom stereocenters. The van der Waals surface area contributed by atoms with Crippen molar-refractivity contribution in [1.29, 1.82) is 0 Å². The number of pyridine rings is 1. The molecule has 1 saturated heterocycles. The van der Waals surface area contributed by atoms with Crippen LogP contribution in [-0.4, -0.2) is 71.4 Å². The van der Waals surface area contributed by atoms with E-state index in [2.05, 4.69) is 15.5 Å². The summed E-state index contributed by atoms with van der Waals surface area (Å²) in [6.45, 7) is 2.49. The monoisotopic (exact) mass is 562 g/mol. The zero-order valence-corrected chi connectivity index (χ0v) is 21.7. The Hall–Kier alpha value is -4.18. The Kier molecular flexibility index (Phi) is 7.28. The van der Waals surface area contributed by atoms with Crippen molar-refractivity contribution in [2.24, 2.45) is 5.16 Å². The largest absolute Gasteiger partial charge is 0.543 e. The van der Waals surface area contributed by atoms with Crippen LogP contribution in [0.1, 0.15) is 19.5 Å². The molecule has 2 aromatic rings. The Morgan fingerprint density at radius 3 is 2.63 bits per heavy atom. The molecular formula is C22H22N6O8S2. The first-order valence-electron chi connectivity index (χ1n) is 11.0. The third-order valence-electron chi connectivity index (χ3n) is 5.70. The van der Waals surface area contributed by atoms with Gasteiger partial charge in [-0.1, -0.05) is 11.2 Å². The Morgan fingerprint density at radius 2 is 2.05 bits per heavy atom. The summed E-state index contributed by atoms with van der Waals surface area (Å²) in [6, 6.07) is 3.89. The number of amides is 2. The van der Waals surface area contributed by atoms with E-state index in [0.29, 0.717) is 0 Å². The minimum atomic E-state index is -1.80. The molecule has 2 aliphatic heterocycles. The minimum Gasteiger partial charge on any atom is -0.543 e. The molecule has 4 rings (SSSR count). The van der Waals surface area contributed by atoms with Gasteiger partial charge in [-0.3, -0.25) is 18.7 Å². The maximum absolute atomic E-state index is 13.1. The van der Waals surface area contributed by atoms with Crippen LogP contribution in [0, 0.1) is 0 Å². The number of rotatable bonds is 9. The molecule has 0 radical (unpaired) electrons. The number of carbonyl (C=O) groups is 4. The first-order valence-corrected chi connectivity index (χ1v) is 13.3. The summed E-state index contributed by atoms with van der Waals surface area (Å²) in [4.78, 5) is 59.4. The third kappa shape index (κ3) is 5.12. The summed E-state index contributed by atoms with van der Waals surface area (Å²) in [5, 5.41) is 27.6. The topological polar surface area (TPSA) is 208 Å². The summed E-state index contributed by atoms with van der Waals surface area (Å²) in [5.74, 6) is -4.93. The number of nitrogens with zero attached hydrogens (tertiary/aromatic N) is 4. The van der Waals surface area contributed by atoms with Crippen molar-refractivity contribution >= 4 is 56.7 Å². The molecule has 16 heteroatoms. The molecule has 0 saturated carbocycles. The molecule has 2 aromatic heterocycles. The lowest BCUT2D eigenvalue weighted by Crippen LogP contribution is -2.74. The number of nitrogens with one attached hydrogen (secondary N) is 1. The van der Waals surface area contributed by atoms with E-state index in [1.54, 1.807) is 35.2 Å². The molecule has 4 N–H and O–H groups in total. The summed E-state index contributed by atoms with van der Waals surface area (Å²) in [7, 11) is -1.77. The van der Waals surface area contributed by atoms with Crippen LogP contribution in [0.5, 0.6) is 0 Å². The van der Waals surface area contributed by atoms with Crippen LogP contribution in [0.3, 0.4) is 0 Å². The number of β-lactam (4-membered cyclic amide) rings is 1.